The Bertz CT molecular complexity index is 270. The molecule has 84 valence electrons. The lowest BCUT2D eigenvalue weighted by molar-refractivity contribution is 0.112. The molecule has 0 aromatic rings. The van der Waals surface area contributed by atoms with Crippen molar-refractivity contribution in [2.24, 2.45) is 5.73 Å². The van der Waals surface area contributed by atoms with Gasteiger partial charge in [0.05, 0.1) is 11.4 Å². The maximum absolute atomic E-state index is 11.8. The van der Waals surface area contributed by atoms with Gasteiger partial charge in [-0.1, -0.05) is 0 Å². The van der Waals surface area contributed by atoms with E-state index in [4.69, 9.17) is 5.73 Å². The molecule has 1 aliphatic heterocycles. The second-order valence-electron chi connectivity index (χ2n) is 3.72. The average molecular weight is 222 g/mol. The Hall–Kier alpha value is -0.170. The fraction of sp³-hybridized carbons (Fsp3) is 1.00. The predicted molar refractivity (Wildman–Crippen MR) is 54.3 cm³/mol. The number of sulfonamides is 1. The van der Waals surface area contributed by atoms with E-state index in [0.717, 1.165) is 0 Å². The molecule has 1 fully saturated rings. The van der Waals surface area contributed by atoms with Gasteiger partial charge in [-0.15, -0.1) is 0 Å². The van der Waals surface area contributed by atoms with E-state index in [2.05, 4.69) is 0 Å². The topological polar surface area (TPSA) is 83.6 Å². The standard InChI is InChI=1S/C8H18N2O3S/c1-7(6-9)14(12,13)10-4-2-8(11)3-5-10/h7-8,11H,2-6,9H2,1H3. The predicted octanol–water partition coefficient (Wildman–Crippen LogP) is -0.880. The molecule has 5 nitrogen and oxygen atoms in total. The van der Waals surface area contributed by atoms with Crippen molar-refractivity contribution in [3.8, 4) is 0 Å². The van der Waals surface area contributed by atoms with Crippen molar-refractivity contribution in [2.75, 3.05) is 19.6 Å². The first-order valence-electron chi connectivity index (χ1n) is 4.85. The second kappa shape index (κ2) is 4.57. The molecule has 0 aliphatic carbocycles. The molecular weight excluding hydrogens is 204 g/mol. The van der Waals surface area contributed by atoms with Crippen LogP contribution in [0, 0.1) is 0 Å². The van der Waals surface area contributed by atoms with Crippen molar-refractivity contribution >= 4 is 10.0 Å². The summed E-state index contributed by atoms with van der Waals surface area (Å²) in [5, 5.41) is 8.71. The molecule has 0 spiro atoms. The van der Waals surface area contributed by atoms with Gasteiger partial charge in [0.2, 0.25) is 10.0 Å². The van der Waals surface area contributed by atoms with E-state index in [-0.39, 0.29) is 12.6 Å². The van der Waals surface area contributed by atoms with Crippen LogP contribution >= 0.6 is 0 Å². The molecular formula is C8H18N2O3S. The molecule has 0 amide bonds. The molecule has 0 aromatic heterocycles. The zero-order chi connectivity index (χ0) is 10.8. The maximum atomic E-state index is 11.8. The molecule has 0 aromatic carbocycles. The van der Waals surface area contributed by atoms with Gasteiger partial charge in [-0.3, -0.25) is 0 Å². The second-order valence-corrected chi connectivity index (χ2v) is 6.07. The molecule has 1 saturated heterocycles. The first-order chi connectivity index (χ1) is 6.48. The van der Waals surface area contributed by atoms with Gasteiger partial charge in [0, 0.05) is 19.6 Å². The zero-order valence-corrected chi connectivity index (χ0v) is 9.20. The Morgan fingerprint density at radius 1 is 1.50 bits per heavy atom. The summed E-state index contributed by atoms with van der Waals surface area (Å²) in [5.41, 5.74) is 5.34. The number of hydrogen-bond donors (Lipinski definition) is 2. The van der Waals surface area contributed by atoms with Gasteiger partial charge in [0.15, 0.2) is 0 Å². The zero-order valence-electron chi connectivity index (χ0n) is 8.39. The first-order valence-corrected chi connectivity index (χ1v) is 6.36. The number of nitrogens with zero attached hydrogens (tertiary/aromatic N) is 1. The van der Waals surface area contributed by atoms with Crippen LogP contribution in [0.5, 0.6) is 0 Å². The van der Waals surface area contributed by atoms with Crippen molar-refractivity contribution in [3.63, 3.8) is 0 Å². The SMILES string of the molecule is CC(CN)S(=O)(=O)N1CCC(O)CC1. The minimum atomic E-state index is -3.24. The van der Waals surface area contributed by atoms with Crippen molar-refractivity contribution in [2.45, 2.75) is 31.1 Å². The Balaban J connectivity index is 2.65. The van der Waals surface area contributed by atoms with Gasteiger partial charge in [0.1, 0.15) is 0 Å². The van der Waals surface area contributed by atoms with Crippen LogP contribution in [-0.2, 0) is 10.0 Å². The summed E-state index contributed by atoms with van der Waals surface area (Å²) in [7, 11) is -3.24. The van der Waals surface area contributed by atoms with E-state index in [1.54, 1.807) is 6.92 Å². The van der Waals surface area contributed by atoms with Gasteiger partial charge >= 0.3 is 0 Å². The third-order valence-electron chi connectivity index (χ3n) is 2.62. The van der Waals surface area contributed by atoms with Crippen molar-refractivity contribution < 1.29 is 13.5 Å². The van der Waals surface area contributed by atoms with Gasteiger partial charge in [0.25, 0.3) is 0 Å². The third-order valence-corrected chi connectivity index (χ3v) is 4.92. The molecule has 3 N–H and O–H groups in total. The Kier molecular flexibility index (Phi) is 3.88. The smallest absolute Gasteiger partial charge is 0.217 e. The number of rotatable bonds is 3. The largest absolute Gasteiger partial charge is 0.393 e. The lowest BCUT2D eigenvalue weighted by atomic mass is 10.1. The third kappa shape index (κ3) is 2.44. The first kappa shape index (κ1) is 11.9. The van der Waals surface area contributed by atoms with E-state index >= 15 is 0 Å². The molecule has 1 aliphatic rings. The van der Waals surface area contributed by atoms with Gasteiger partial charge in [-0.25, -0.2) is 12.7 Å². The number of nitrogens with two attached hydrogens (primary N) is 1. The average Bonchev–Trinajstić information content (AvgIpc) is 2.17. The van der Waals surface area contributed by atoms with Crippen LogP contribution in [0.25, 0.3) is 0 Å². The van der Waals surface area contributed by atoms with Crippen LogP contribution in [0.15, 0.2) is 0 Å². The van der Waals surface area contributed by atoms with E-state index in [1.165, 1.54) is 4.31 Å². The molecule has 6 heteroatoms. The highest BCUT2D eigenvalue weighted by Gasteiger charge is 2.30. The summed E-state index contributed by atoms with van der Waals surface area (Å²) < 4.78 is 25.0. The van der Waals surface area contributed by atoms with E-state index in [1.807, 2.05) is 0 Å². The monoisotopic (exact) mass is 222 g/mol. The van der Waals surface area contributed by atoms with Crippen LogP contribution in [0.2, 0.25) is 0 Å². The highest BCUT2D eigenvalue weighted by Crippen LogP contribution is 2.16. The van der Waals surface area contributed by atoms with Crippen LogP contribution in [0.1, 0.15) is 19.8 Å². The molecule has 1 atom stereocenters. The van der Waals surface area contributed by atoms with Gasteiger partial charge in [-0.2, -0.15) is 0 Å². The van der Waals surface area contributed by atoms with Crippen LogP contribution in [0.4, 0.5) is 0 Å². The number of aliphatic hydroxyl groups excluding tert-OH is 1. The molecule has 1 rings (SSSR count). The number of hydrogen-bond acceptors (Lipinski definition) is 4. The highest BCUT2D eigenvalue weighted by molar-refractivity contribution is 7.89. The lowest BCUT2D eigenvalue weighted by Crippen LogP contribution is -2.45. The molecule has 0 bridgehead atoms. The van der Waals surface area contributed by atoms with Crippen molar-refractivity contribution in [3.05, 3.63) is 0 Å². The maximum Gasteiger partial charge on any atom is 0.217 e. The fourth-order valence-corrected chi connectivity index (χ4v) is 2.94. The summed E-state index contributed by atoms with van der Waals surface area (Å²) in [6.07, 6.45) is 0.696. The summed E-state index contributed by atoms with van der Waals surface area (Å²) in [4.78, 5) is 0. The van der Waals surface area contributed by atoms with Crippen molar-refractivity contribution in [1.82, 2.24) is 4.31 Å². The highest BCUT2D eigenvalue weighted by atomic mass is 32.2. The molecule has 0 radical (unpaired) electrons. The Labute approximate surface area is 84.9 Å². The lowest BCUT2D eigenvalue weighted by Gasteiger charge is -2.30. The van der Waals surface area contributed by atoms with Crippen LogP contribution in [-0.4, -0.2) is 48.8 Å². The quantitative estimate of drug-likeness (QED) is 0.649. The molecule has 1 unspecified atom stereocenters. The minimum absolute atomic E-state index is 0.140. The van der Waals surface area contributed by atoms with E-state index in [9.17, 15) is 13.5 Å². The normalized spacial score (nSPS) is 23.6. The Morgan fingerprint density at radius 2 is 2.00 bits per heavy atom. The fourth-order valence-electron chi connectivity index (χ4n) is 1.47. The van der Waals surface area contributed by atoms with Crippen LogP contribution < -0.4 is 5.73 Å². The summed E-state index contributed by atoms with van der Waals surface area (Å²) in [6, 6.07) is 0. The van der Waals surface area contributed by atoms with Gasteiger partial charge < -0.3 is 10.8 Å². The number of aliphatic hydroxyl groups is 1. The summed E-state index contributed by atoms with van der Waals surface area (Å²) in [5.74, 6) is 0. The van der Waals surface area contributed by atoms with Crippen molar-refractivity contribution in [1.29, 1.82) is 0 Å². The molecule has 0 saturated carbocycles. The van der Waals surface area contributed by atoms with E-state index < -0.39 is 15.3 Å². The molecule has 14 heavy (non-hydrogen) atoms. The van der Waals surface area contributed by atoms with Gasteiger partial charge in [-0.05, 0) is 19.8 Å². The minimum Gasteiger partial charge on any atom is -0.393 e. The van der Waals surface area contributed by atoms with E-state index in [0.29, 0.717) is 25.9 Å². The number of piperidine rings is 1. The Morgan fingerprint density at radius 3 is 2.43 bits per heavy atom. The summed E-state index contributed by atoms with van der Waals surface area (Å²) >= 11 is 0. The van der Waals surface area contributed by atoms with Crippen LogP contribution in [0.3, 0.4) is 0 Å². The summed E-state index contributed by atoms with van der Waals surface area (Å²) in [6.45, 7) is 2.57. The molecule has 1 heterocycles.